The normalized spacial score (nSPS) is 28.6. The Labute approximate surface area is 181 Å². The smallest absolute Gasteiger partial charge is 0.231 e. The summed E-state index contributed by atoms with van der Waals surface area (Å²) in [7, 11) is 0. The van der Waals surface area contributed by atoms with Crippen LogP contribution in [-0.4, -0.2) is 21.0 Å². The summed E-state index contributed by atoms with van der Waals surface area (Å²) >= 11 is 0. The van der Waals surface area contributed by atoms with Gasteiger partial charge >= 0.3 is 0 Å². The maximum Gasteiger partial charge on any atom is 0.231 e. The number of aromatic nitrogens is 3. The molecule has 0 saturated heterocycles. The summed E-state index contributed by atoms with van der Waals surface area (Å²) in [6, 6.07) is 11.7. The third kappa shape index (κ3) is 3.44. The zero-order valence-electron chi connectivity index (χ0n) is 17.5. The molecule has 0 atom stereocenters. The van der Waals surface area contributed by atoms with Gasteiger partial charge in [-0.2, -0.15) is 4.98 Å². The lowest BCUT2D eigenvalue weighted by atomic mass is 9.49. The van der Waals surface area contributed by atoms with E-state index in [0.29, 0.717) is 18.1 Å². The Hall–Kier alpha value is -3.02. The molecule has 1 aromatic carbocycles. The minimum atomic E-state index is -0.166. The number of amides is 1. The summed E-state index contributed by atoms with van der Waals surface area (Å²) in [4.78, 5) is 22.0. The van der Waals surface area contributed by atoms with Crippen molar-refractivity contribution in [2.45, 2.75) is 44.9 Å². The van der Waals surface area contributed by atoms with Crippen LogP contribution < -0.4 is 5.32 Å². The second-order valence-electron chi connectivity index (χ2n) is 9.73. The fourth-order valence-corrected chi connectivity index (χ4v) is 6.55. The van der Waals surface area contributed by atoms with E-state index in [1.165, 1.54) is 19.3 Å². The first-order chi connectivity index (χ1) is 15.2. The van der Waals surface area contributed by atoms with E-state index in [0.717, 1.165) is 53.8 Å². The molecule has 1 N–H and O–H groups in total. The quantitative estimate of drug-likeness (QED) is 0.644. The Kier molecular flexibility index (Phi) is 4.40. The average molecular weight is 415 g/mol. The van der Waals surface area contributed by atoms with Crippen LogP contribution in [0.25, 0.3) is 11.4 Å². The molecule has 31 heavy (non-hydrogen) atoms. The van der Waals surface area contributed by atoms with E-state index in [1.807, 2.05) is 36.4 Å². The van der Waals surface area contributed by atoms with Crippen LogP contribution >= 0.6 is 0 Å². The van der Waals surface area contributed by atoms with Crippen LogP contribution in [0.5, 0.6) is 0 Å². The van der Waals surface area contributed by atoms with Crippen molar-refractivity contribution in [3.05, 3.63) is 60.2 Å². The van der Waals surface area contributed by atoms with Gasteiger partial charge in [0.1, 0.15) is 0 Å². The third-order valence-electron chi connectivity index (χ3n) is 7.53. The topological polar surface area (TPSA) is 80.9 Å². The molecule has 0 radical (unpaired) electrons. The van der Waals surface area contributed by atoms with Crippen LogP contribution in [0.1, 0.15) is 50.0 Å². The lowest BCUT2D eigenvalue weighted by Gasteiger charge is -2.55. The lowest BCUT2D eigenvalue weighted by Crippen LogP contribution is -2.51. The van der Waals surface area contributed by atoms with Gasteiger partial charge in [-0.3, -0.25) is 9.78 Å². The average Bonchev–Trinajstić information content (AvgIpc) is 3.23. The van der Waals surface area contributed by atoms with Crippen molar-refractivity contribution in [1.29, 1.82) is 0 Å². The summed E-state index contributed by atoms with van der Waals surface area (Å²) < 4.78 is 5.49. The SMILES string of the molecule is O=C(Nc1ccccc1Cc1nc(-c2ccncc2)no1)C12CC3CC(CC(C3)C1)C2. The van der Waals surface area contributed by atoms with Gasteiger partial charge in [0.2, 0.25) is 17.6 Å². The summed E-state index contributed by atoms with van der Waals surface area (Å²) in [5, 5.41) is 7.39. The van der Waals surface area contributed by atoms with E-state index < -0.39 is 0 Å². The number of pyridine rings is 1. The number of nitrogens with one attached hydrogen (secondary N) is 1. The van der Waals surface area contributed by atoms with Gasteiger partial charge in [-0.15, -0.1) is 0 Å². The van der Waals surface area contributed by atoms with Gasteiger partial charge < -0.3 is 9.84 Å². The molecule has 4 aliphatic rings. The molecule has 0 aliphatic heterocycles. The number of nitrogens with zero attached hydrogens (tertiary/aromatic N) is 3. The summed E-state index contributed by atoms with van der Waals surface area (Å²) in [5.74, 6) is 3.53. The number of carbonyl (C=O) groups excluding carboxylic acids is 1. The fourth-order valence-electron chi connectivity index (χ4n) is 6.55. The van der Waals surface area contributed by atoms with Crippen LogP contribution in [0.2, 0.25) is 0 Å². The van der Waals surface area contributed by atoms with Gasteiger partial charge in [0.05, 0.1) is 11.8 Å². The monoisotopic (exact) mass is 414 g/mol. The third-order valence-corrected chi connectivity index (χ3v) is 7.53. The Morgan fingerprint density at radius 1 is 1.00 bits per heavy atom. The van der Waals surface area contributed by atoms with E-state index >= 15 is 0 Å². The highest BCUT2D eigenvalue weighted by Crippen LogP contribution is 2.60. The fraction of sp³-hybridized carbons (Fsp3) is 0.440. The largest absolute Gasteiger partial charge is 0.339 e. The Morgan fingerprint density at radius 3 is 2.39 bits per heavy atom. The molecule has 0 unspecified atom stereocenters. The molecule has 4 fully saturated rings. The Bertz CT molecular complexity index is 1070. The van der Waals surface area contributed by atoms with Gasteiger partial charge in [-0.1, -0.05) is 23.4 Å². The van der Waals surface area contributed by atoms with Crippen LogP contribution in [0.15, 0.2) is 53.3 Å². The molecule has 158 valence electrons. The molecular formula is C25H26N4O2. The van der Waals surface area contributed by atoms with Crippen molar-refractivity contribution >= 4 is 11.6 Å². The van der Waals surface area contributed by atoms with Crippen LogP contribution in [0.4, 0.5) is 5.69 Å². The first-order valence-electron chi connectivity index (χ1n) is 11.3. The lowest BCUT2D eigenvalue weighted by molar-refractivity contribution is -0.140. The van der Waals surface area contributed by atoms with Crippen LogP contribution in [0, 0.1) is 23.2 Å². The van der Waals surface area contributed by atoms with Crippen molar-refractivity contribution in [2.24, 2.45) is 23.2 Å². The predicted octanol–water partition coefficient (Wildman–Crippen LogP) is 4.88. The van der Waals surface area contributed by atoms with Crippen molar-refractivity contribution < 1.29 is 9.32 Å². The second-order valence-corrected chi connectivity index (χ2v) is 9.73. The molecule has 1 amide bonds. The minimum Gasteiger partial charge on any atom is -0.339 e. The number of carbonyl (C=O) groups is 1. The van der Waals surface area contributed by atoms with Crippen molar-refractivity contribution in [2.75, 3.05) is 5.32 Å². The number of para-hydroxylation sites is 1. The molecule has 6 nitrogen and oxygen atoms in total. The zero-order valence-corrected chi connectivity index (χ0v) is 17.5. The number of hydrogen-bond acceptors (Lipinski definition) is 5. The van der Waals surface area contributed by atoms with Crippen LogP contribution in [-0.2, 0) is 11.2 Å². The van der Waals surface area contributed by atoms with Crippen molar-refractivity contribution in [1.82, 2.24) is 15.1 Å². The van der Waals surface area contributed by atoms with Crippen molar-refractivity contribution in [3.63, 3.8) is 0 Å². The number of hydrogen-bond donors (Lipinski definition) is 1. The van der Waals surface area contributed by atoms with E-state index in [9.17, 15) is 4.79 Å². The zero-order chi connectivity index (χ0) is 20.8. The molecule has 2 aromatic heterocycles. The summed E-state index contributed by atoms with van der Waals surface area (Å²) in [5.41, 5.74) is 2.55. The molecular weight excluding hydrogens is 388 g/mol. The molecule has 3 aromatic rings. The molecule has 4 aliphatic carbocycles. The van der Waals surface area contributed by atoms with E-state index in [-0.39, 0.29) is 11.3 Å². The first kappa shape index (κ1) is 18.7. The first-order valence-corrected chi connectivity index (χ1v) is 11.3. The van der Waals surface area contributed by atoms with E-state index in [1.54, 1.807) is 12.4 Å². The van der Waals surface area contributed by atoms with Gasteiger partial charge in [0.25, 0.3) is 0 Å². The number of rotatable bonds is 5. The standard InChI is InChI=1S/C25H26N4O2/c30-24(25-13-16-9-17(14-25)11-18(10-16)15-25)27-21-4-2-1-3-20(21)12-22-28-23(29-31-22)19-5-7-26-8-6-19/h1-8,16-18H,9-15H2,(H,27,30). The molecule has 6 heteroatoms. The molecule has 2 heterocycles. The van der Waals surface area contributed by atoms with E-state index in [4.69, 9.17) is 4.52 Å². The maximum atomic E-state index is 13.5. The summed E-state index contributed by atoms with van der Waals surface area (Å²) in [6.45, 7) is 0. The molecule has 7 rings (SSSR count). The van der Waals surface area contributed by atoms with Gasteiger partial charge in [-0.25, -0.2) is 0 Å². The number of anilines is 1. The number of benzene rings is 1. The molecule has 0 spiro atoms. The second kappa shape index (κ2) is 7.29. The highest BCUT2D eigenvalue weighted by molar-refractivity contribution is 5.96. The highest BCUT2D eigenvalue weighted by Gasteiger charge is 2.54. The molecule has 4 saturated carbocycles. The predicted molar refractivity (Wildman–Crippen MR) is 116 cm³/mol. The highest BCUT2D eigenvalue weighted by atomic mass is 16.5. The molecule has 4 bridgehead atoms. The van der Waals surface area contributed by atoms with Gasteiger partial charge in [-0.05, 0) is 80.0 Å². The van der Waals surface area contributed by atoms with Crippen molar-refractivity contribution in [3.8, 4) is 11.4 Å². The maximum absolute atomic E-state index is 13.5. The minimum absolute atomic E-state index is 0.166. The Balaban J connectivity index is 1.21. The summed E-state index contributed by atoms with van der Waals surface area (Å²) in [6.07, 6.45) is 11.1. The van der Waals surface area contributed by atoms with Gasteiger partial charge in [0.15, 0.2) is 0 Å². The van der Waals surface area contributed by atoms with Gasteiger partial charge in [0, 0.05) is 23.6 Å². The van der Waals surface area contributed by atoms with Crippen LogP contribution in [0.3, 0.4) is 0 Å². The Morgan fingerprint density at radius 2 is 1.68 bits per heavy atom. The van der Waals surface area contributed by atoms with E-state index in [2.05, 4.69) is 20.4 Å².